The molecule has 18 heavy (non-hydrogen) atoms. The van der Waals surface area contributed by atoms with E-state index < -0.39 is 30.0 Å². The number of rotatable bonds is 3. The molecule has 3 heterocycles. The number of hydrogen-bond acceptors (Lipinski definition) is 3. The zero-order valence-electron chi connectivity index (χ0n) is 9.39. The number of nitrogens with zero attached hydrogens (tertiary/aromatic N) is 1. The Hall–Kier alpha value is -2.08. The van der Waals surface area contributed by atoms with Crippen LogP contribution >= 0.6 is 0 Å². The maximum absolute atomic E-state index is 12.1. The van der Waals surface area contributed by atoms with Gasteiger partial charge in [0.1, 0.15) is 5.92 Å². The molecule has 4 atom stereocenters. The summed E-state index contributed by atoms with van der Waals surface area (Å²) in [5.41, 5.74) is 2.63. The number of ether oxygens (including phenoxy) is 1. The van der Waals surface area contributed by atoms with E-state index in [2.05, 4.69) is 5.43 Å². The van der Waals surface area contributed by atoms with Gasteiger partial charge in [-0.1, -0.05) is 12.2 Å². The van der Waals surface area contributed by atoms with E-state index in [0.29, 0.717) is 0 Å². The average Bonchev–Trinajstić information content (AvgIpc) is 3.03. The topological polar surface area (TPSA) is 80.6 Å². The molecule has 2 N–H and O–H groups in total. The first-order valence-corrected chi connectivity index (χ1v) is 5.67. The molecule has 1 amide bonds. The quantitative estimate of drug-likeness (QED) is 0.749. The summed E-state index contributed by atoms with van der Waals surface area (Å²) in [4.78, 5) is 23.3. The third-order valence-electron chi connectivity index (χ3n) is 3.33. The summed E-state index contributed by atoms with van der Waals surface area (Å²) in [6.07, 6.45) is 5.89. The van der Waals surface area contributed by atoms with Crippen molar-refractivity contribution in [1.29, 1.82) is 0 Å². The van der Waals surface area contributed by atoms with Gasteiger partial charge in [0.25, 0.3) is 0 Å². The molecule has 0 aliphatic carbocycles. The fraction of sp³-hybridized carbons (Fsp3) is 0.333. The third-order valence-corrected chi connectivity index (χ3v) is 3.33. The minimum Gasteiger partial charge on any atom is -0.481 e. The number of nitrogens with one attached hydrogen (secondary N) is 1. The summed E-state index contributed by atoms with van der Waals surface area (Å²) in [6.45, 7) is 0. The molecule has 94 valence electrons. The fourth-order valence-corrected chi connectivity index (χ4v) is 2.53. The Morgan fingerprint density at radius 3 is 2.33 bits per heavy atom. The van der Waals surface area contributed by atoms with Gasteiger partial charge in [-0.2, -0.15) is 0 Å². The molecule has 2 bridgehead atoms. The average molecular weight is 248 g/mol. The Bertz CT molecular complexity index is 508. The van der Waals surface area contributed by atoms with Crippen LogP contribution in [-0.2, 0) is 14.3 Å². The second-order valence-electron chi connectivity index (χ2n) is 4.41. The van der Waals surface area contributed by atoms with E-state index in [1.165, 1.54) is 4.68 Å². The van der Waals surface area contributed by atoms with Crippen LogP contribution in [0.25, 0.3) is 0 Å². The van der Waals surface area contributed by atoms with Gasteiger partial charge in [0.05, 0.1) is 18.1 Å². The van der Waals surface area contributed by atoms with E-state index in [0.717, 1.165) is 0 Å². The predicted molar refractivity (Wildman–Crippen MR) is 61.2 cm³/mol. The van der Waals surface area contributed by atoms with Crippen molar-refractivity contribution in [2.24, 2.45) is 11.8 Å². The first-order valence-electron chi connectivity index (χ1n) is 5.67. The molecule has 6 heteroatoms. The lowest BCUT2D eigenvalue weighted by atomic mass is 9.82. The minimum atomic E-state index is -1.00. The summed E-state index contributed by atoms with van der Waals surface area (Å²) in [7, 11) is 0. The predicted octanol–water partition coefficient (Wildman–Crippen LogP) is 0.212. The molecule has 0 unspecified atom stereocenters. The normalized spacial score (nSPS) is 32.7. The number of carbonyl (C=O) groups is 2. The van der Waals surface area contributed by atoms with Gasteiger partial charge in [-0.3, -0.25) is 19.7 Å². The molecule has 6 nitrogen and oxygen atoms in total. The van der Waals surface area contributed by atoms with Crippen LogP contribution in [0.5, 0.6) is 0 Å². The van der Waals surface area contributed by atoms with Crippen molar-refractivity contribution in [2.75, 3.05) is 5.43 Å². The van der Waals surface area contributed by atoms with E-state index in [1.54, 1.807) is 36.7 Å². The number of carboxylic acids is 1. The fourth-order valence-electron chi connectivity index (χ4n) is 2.53. The molecule has 0 aromatic carbocycles. The van der Waals surface area contributed by atoms with Gasteiger partial charge in [-0.05, 0) is 12.1 Å². The molecule has 3 rings (SSSR count). The summed E-state index contributed by atoms with van der Waals surface area (Å²) in [5, 5.41) is 9.18. The zero-order valence-corrected chi connectivity index (χ0v) is 9.39. The van der Waals surface area contributed by atoms with Crippen LogP contribution in [0.2, 0.25) is 0 Å². The second kappa shape index (κ2) is 3.99. The summed E-state index contributed by atoms with van der Waals surface area (Å²) in [5.74, 6) is -2.83. The smallest absolute Gasteiger partial charge is 0.310 e. The number of hydrogen-bond donors (Lipinski definition) is 2. The molecule has 2 aliphatic heterocycles. The van der Waals surface area contributed by atoms with E-state index in [-0.39, 0.29) is 5.91 Å². The molecule has 0 saturated carbocycles. The Morgan fingerprint density at radius 1 is 1.11 bits per heavy atom. The van der Waals surface area contributed by atoms with E-state index in [4.69, 9.17) is 4.74 Å². The van der Waals surface area contributed by atoms with E-state index in [9.17, 15) is 14.7 Å². The molecular formula is C12H12N2O4. The molecular weight excluding hydrogens is 236 g/mol. The molecule has 1 aromatic heterocycles. The van der Waals surface area contributed by atoms with Crippen molar-refractivity contribution in [1.82, 2.24) is 4.68 Å². The highest BCUT2D eigenvalue weighted by Crippen LogP contribution is 2.39. The SMILES string of the molecule is O=C(O)[C@@H]1[C@@H](C(=O)Nn2cccc2)[C@@H]2C=C[C@@H]1O2. The minimum absolute atomic E-state index is 0.338. The Labute approximate surface area is 103 Å². The number of amides is 1. The van der Waals surface area contributed by atoms with Crippen LogP contribution in [0, 0.1) is 11.8 Å². The van der Waals surface area contributed by atoms with E-state index >= 15 is 0 Å². The first-order chi connectivity index (χ1) is 8.66. The third kappa shape index (κ3) is 1.62. The Morgan fingerprint density at radius 2 is 1.72 bits per heavy atom. The van der Waals surface area contributed by atoms with Crippen LogP contribution in [0.3, 0.4) is 0 Å². The van der Waals surface area contributed by atoms with Gasteiger partial charge in [0.15, 0.2) is 0 Å². The molecule has 0 radical (unpaired) electrons. The van der Waals surface area contributed by atoms with Crippen LogP contribution < -0.4 is 5.43 Å². The standard InChI is InChI=1S/C12H12N2O4/c15-11(13-14-5-1-2-6-14)9-7-3-4-8(18-7)10(9)12(16)17/h1-10H,(H,13,15)(H,16,17)/t7-,8-,9-,10-/m0/s1. The summed E-state index contributed by atoms with van der Waals surface area (Å²) in [6, 6.07) is 3.54. The number of fused-ring (bicyclic) bond motifs is 2. The number of aromatic nitrogens is 1. The highest BCUT2D eigenvalue weighted by atomic mass is 16.5. The highest BCUT2D eigenvalue weighted by Gasteiger charge is 2.53. The van der Waals surface area contributed by atoms with Gasteiger partial charge >= 0.3 is 5.97 Å². The van der Waals surface area contributed by atoms with Gasteiger partial charge < -0.3 is 9.84 Å². The number of aliphatic carboxylic acids is 1. The monoisotopic (exact) mass is 248 g/mol. The van der Waals surface area contributed by atoms with E-state index in [1.807, 2.05) is 0 Å². The Balaban J connectivity index is 1.80. The van der Waals surface area contributed by atoms with Gasteiger partial charge in [0, 0.05) is 12.4 Å². The number of carbonyl (C=O) groups excluding carboxylic acids is 1. The maximum atomic E-state index is 12.1. The van der Waals surface area contributed by atoms with Crippen LogP contribution in [0.1, 0.15) is 0 Å². The Kier molecular flexibility index (Phi) is 2.45. The summed E-state index contributed by atoms with van der Waals surface area (Å²) < 4.78 is 6.93. The zero-order chi connectivity index (χ0) is 12.7. The first kappa shape index (κ1) is 11.0. The van der Waals surface area contributed by atoms with Crippen molar-refractivity contribution in [2.45, 2.75) is 12.2 Å². The molecule has 1 fully saturated rings. The van der Waals surface area contributed by atoms with Crippen molar-refractivity contribution in [3.63, 3.8) is 0 Å². The van der Waals surface area contributed by atoms with Gasteiger partial charge in [-0.25, -0.2) is 0 Å². The van der Waals surface area contributed by atoms with Crippen LogP contribution in [-0.4, -0.2) is 33.9 Å². The lowest BCUT2D eigenvalue weighted by molar-refractivity contribution is -0.146. The van der Waals surface area contributed by atoms with Gasteiger partial charge in [0.2, 0.25) is 5.91 Å². The van der Waals surface area contributed by atoms with Crippen molar-refractivity contribution >= 4 is 11.9 Å². The molecule has 1 aromatic rings. The second-order valence-corrected chi connectivity index (χ2v) is 4.41. The van der Waals surface area contributed by atoms with Crippen molar-refractivity contribution in [3.05, 3.63) is 36.7 Å². The molecule has 1 saturated heterocycles. The molecule has 0 spiro atoms. The highest BCUT2D eigenvalue weighted by molar-refractivity contribution is 5.92. The van der Waals surface area contributed by atoms with Crippen LogP contribution in [0.15, 0.2) is 36.7 Å². The lowest BCUT2D eigenvalue weighted by Gasteiger charge is -2.21. The van der Waals surface area contributed by atoms with Crippen molar-refractivity contribution in [3.8, 4) is 0 Å². The number of carboxylic acid groups (broad SMARTS) is 1. The van der Waals surface area contributed by atoms with Crippen molar-refractivity contribution < 1.29 is 19.4 Å². The molecule has 2 aliphatic rings. The van der Waals surface area contributed by atoms with Crippen LogP contribution in [0.4, 0.5) is 0 Å². The summed E-state index contributed by atoms with van der Waals surface area (Å²) >= 11 is 0. The largest absolute Gasteiger partial charge is 0.481 e. The maximum Gasteiger partial charge on any atom is 0.310 e. The lowest BCUT2D eigenvalue weighted by Crippen LogP contribution is -2.41. The van der Waals surface area contributed by atoms with Gasteiger partial charge in [-0.15, -0.1) is 0 Å².